The molecular weight excluding hydrogens is 756 g/mol. The maximum Gasteiger partial charge on any atom is 0.511 e. The van der Waals surface area contributed by atoms with Crippen LogP contribution in [0.2, 0.25) is 10.0 Å². The van der Waals surface area contributed by atoms with Gasteiger partial charge in [-0.15, -0.1) is 0 Å². The molecule has 0 saturated carbocycles. The number of hydrogen-bond acceptors (Lipinski definition) is 5. The number of rotatable bonds is 10. The van der Waals surface area contributed by atoms with Crippen LogP contribution in [0, 0.1) is 12.3 Å². The molecule has 6 nitrogen and oxygen atoms in total. The molecule has 12 heteroatoms. The highest BCUT2D eigenvalue weighted by atomic mass is 35.5. The number of halogens is 5. The van der Waals surface area contributed by atoms with Crippen LogP contribution in [0.15, 0.2) is 72.8 Å². The predicted octanol–water partition coefficient (Wildman–Crippen LogP) is 11.6. The Morgan fingerprint density at radius 2 is 1.33 bits per heavy atom. The maximum atomic E-state index is 13.0. The lowest BCUT2D eigenvalue weighted by molar-refractivity contribution is -0.112. The second kappa shape index (κ2) is 20.3. The van der Waals surface area contributed by atoms with Gasteiger partial charge in [0.2, 0.25) is 0 Å². The Morgan fingerprint density at radius 1 is 0.870 bits per heavy atom. The maximum absolute atomic E-state index is 13.0. The molecule has 0 spiro atoms. The first-order valence-electron chi connectivity index (χ1n) is 18.3. The van der Waals surface area contributed by atoms with Crippen molar-refractivity contribution in [2.45, 2.75) is 112 Å². The van der Waals surface area contributed by atoms with Crippen molar-refractivity contribution in [3.05, 3.63) is 111 Å². The molecule has 3 aromatic carbocycles. The lowest BCUT2D eigenvalue weighted by Gasteiger charge is -2.33. The van der Waals surface area contributed by atoms with Gasteiger partial charge in [0, 0.05) is 59.0 Å². The SMILES string of the molecule is CC.CC(=O)/C=C(/NC1CCN(S(=O)(=O)C(F)(F)F)CC1)c1cc(C(c2ccc(Cl)cc2)c2ccc(Cl)cc2)ccc1C.CC(C)(C)CCOC(C)(C)C. The molecule has 1 aliphatic rings. The van der Waals surface area contributed by atoms with E-state index in [1.165, 1.54) is 13.0 Å². The average molecular weight is 814 g/mol. The van der Waals surface area contributed by atoms with E-state index in [0.717, 1.165) is 40.8 Å². The van der Waals surface area contributed by atoms with Gasteiger partial charge in [-0.05, 0) is 112 Å². The third kappa shape index (κ3) is 15.0. The van der Waals surface area contributed by atoms with E-state index in [2.05, 4.69) is 46.9 Å². The van der Waals surface area contributed by atoms with Crippen LogP contribution in [0.3, 0.4) is 0 Å². The van der Waals surface area contributed by atoms with Crippen molar-refractivity contribution >= 4 is 44.7 Å². The summed E-state index contributed by atoms with van der Waals surface area (Å²) in [5.41, 5.74) is 0.182. The van der Waals surface area contributed by atoms with E-state index in [4.69, 9.17) is 27.9 Å². The van der Waals surface area contributed by atoms with Crippen LogP contribution in [-0.4, -0.2) is 55.4 Å². The monoisotopic (exact) mass is 812 g/mol. The van der Waals surface area contributed by atoms with Gasteiger partial charge in [-0.3, -0.25) is 4.79 Å². The number of hydrogen-bond donors (Lipinski definition) is 1. The second-order valence-electron chi connectivity index (χ2n) is 15.3. The minimum absolute atomic E-state index is 0.0191. The van der Waals surface area contributed by atoms with Gasteiger partial charge in [0.05, 0.1) is 5.60 Å². The van der Waals surface area contributed by atoms with E-state index in [9.17, 15) is 26.4 Å². The number of alkyl halides is 3. The molecule has 0 amide bonds. The summed E-state index contributed by atoms with van der Waals surface area (Å²) in [6.07, 6.45) is 2.90. The first-order chi connectivity index (χ1) is 25.0. The third-order valence-corrected chi connectivity index (χ3v) is 10.6. The molecule has 54 heavy (non-hydrogen) atoms. The molecular formula is C42H57Cl2F3N2O4S. The zero-order valence-electron chi connectivity index (χ0n) is 33.2. The van der Waals surface area contributed by atoms with E-state index in [0.29, 0.717) is 25.5 Å². The van der Waals surface area contributed by atoms with Crippen molar-refractivity contribution in [1.29, 1.82) is 0 Å². The third-order valence-electron chi connectivity index (χ3n) is 8.47. The van der Waals surface area contributed by atoms with Crippen molar-refractivity contribution < 1.29 is 31.1 Å². The summed E-state index contributed by atoms with van der Waals surface area (Å²) in [7, 11) is -5.38. The molecule has 4 rings (SSSR count). The summed E-state index contributed by atoms with van der Waals surface area (Å²) in [6, 6.07) is 20.7. The van der Waals surface area contributed by atoms with Crippen molar-refractivity contribution in [1.82, 2.24) is 9.62 Å². The lowest BCUT2D eigenvalue weighted by Crippen LogP contribution is -2.48. The predicted molar refractivity (Wildman–Crippen MR) is 218 cm³/mol. The van der Waals surface area contributed by atoms with Crippen LogP contribution in [0.5, 0.6) is 0 Å². The summed E-state index contributed by atoms with van der Waals surface area (Å²) in [6.45, 7) is 20.6. The van der Waals surface area contributed by atoms with Crippen LogP contribution in [0.4, 0.5) is 13.2 Å². The number of carbonyl (C=O) groups excluding carboxylic acids is 1. The Labute approximate surface area is 331 Å². The molecule has 0 aliphatic carbocycles. The normalized spacial score (nSPS) is 14.9. The van der Waals surface area contributed by atoms with Crippen molar-refractivity contribution in [3.63, 3.8) is 0 Å². The lowest BCUT2D eigenvalue weighted by atomic mass is 9.83. The average Bonchev–Trinajstić information content (AvgIpc) is 3.06. The van der Waals surface area contributed by atoms with E-state index >= 15 is 0 Å². The highest BCUT2D eigenvalue weighted by Gasteiger charge is 2.50. The molecule has 1 heterocycles. The Balaban J connectivity index is 0.000000667. The first kappa shape index (κ1) is 47.3. The fourth-order valence-corrected chi connectivity index (χ4v) is 6.90. The molecule has 1 saturated heterocycles. The van der Waals surface area contributed by atoms with E-state index < -0.39 is 15.5 Å². The number of allylic oxidation sites excluding steroid dienone is 1. The molecule has 3 aromatic rings. The number of ketones is 1. The Hall–Kier alpha value is -2.89. The zero-order chi connectivity index (χ0) is 41.1. The highest BCUT2D eigenvalue weighted by Crippen LogP contribution is 2.36. The van der Waals surface area contributed by atoms with E-state index in [1.807, 2.05) is 87.5 Å². The van der Waals surface area contributed by atoms with Gasteiger partial charge >= 0.3 is 15.5 Å². The number of ether oxygens (including phenoxy) is 1. The number of benzene rings is 3. The molecule has 0 radical (unpaired) electrons. The van der Waals surface area contributed by atoms with Gasteiger partial charge in [-0.1, -0.05) is 94.2 Å². The smallest absolute Gasteiger partial charge is 0.382 e. The number of nitrogens with zero attached hydrogens (tertiary/aromatic N) is 1. The van der Waals surface area contributed by atoms with Crippen LogP contribution < -0.4 is 5.32 Å². The molecule has 0 atom stereocenters. The van der Waals surface area contributed by atoms with Gasteiger partial charge in [0.15, 0.2) is 5.78 Å². The van der Waals surface area contributed by atoms with Crippen LogP contribution >= 0.6 is 23.2 Å². The molecule has 300 valence electrons. The summed E-state index contributed by atoms with van der Waals surface area (Å²) in [5, 5.41) is 4.54. The van der Waals surface area contributed by atoms with Gasteiger partial charge < -0.3 is 10.1 Å². The number of nitrogens with one attached hydrogen (secondary N) is 1. The summed E-state index contributed by atoms with van der Waals surface area (Å²) in [5.74, 6) is -0.389. The van der Waals surface area contributed by atoms with Crippen LogP contribution in [0.25, 0.3) is 5.70 Å². The van der Waals surface area contributed by atoms with Crippen LogP contribution in [0.1, 0.15) is 115 Å². The second-order valence-corrected chi connectivity index (χ2v) is 18.1. The Morgan fingerprint density at radius 3 is 1.74 bits per heavy atom. The largest absolute Gasteiger partial charge is 0.511 e. The molecule has 1 fully saturated rings. The summed E-state index contributed by atoms with van der Waals surface area (Å²) < 4.78 is 68.8. The fourth-order valence-electron chi connectivity index (χ4n) is 5.67. The minimum atomic E-state index is -5.38. The molecule has 1 aliphatic heterocycles. The topological polar surface area (TPSA) is 75.7 Å². The summed E-state index contributed by atoms with van der Waals surface area (Å²) >= 11 is 12.3. The van der Waals surface area contributed by atoms with Gasteiger partial charge in [0.1, 0.15) is 0 Å². The van der Waals surface area contributed by atoms with Gasteiger partial charge in [-0.2, -0.15) is 17.5 Å². The van der Waals surface area contributed by atoms with E-state index in [-0.39, 0.29) is 49.3 Å². The van der Waals surface area contributed by atoms with Gasteiger partial charge in [0.25, 0.3) is 0 Å². The Bertz CT molecular complexity index is 1710. The number of sulfonamides is 1. The number of piperidine rings is 1. The molecule has 0 bridgehead atoms. The first-order valence-corrected chi connectivity index (χ1v) is 20.5. The zero-order valence-corrected chi connectivity index (χ0v) is 35.5. The molecule has 0 aromatic heterocycles. The minimum Gasteiger partial charge on any atom is -0.382 e. The summed E-state index contributed by atoms with van der Waals surface area (Å²) in [4.78, 5) is 12.2. The fraction of sp³-hybridized carbons (Fsp3) is 0.500. The molecule has 0 unspecified atom stereocenters. The standard InChI is InChI=1S/C30H29Cl2F3N2O3S.C10H22O.C2H6/c1-19-3-4-23(29(21-5-9-24(31)10-6-21)22-7-11-25(32)12-8-22)18-27(19)28(17-20(2)38)36-26-13-15-37(16-14-26)41(39,40)30(33,34)35;1-9(2,3)7-8-11-10(4,5)6;1-2/h3-12,17-18,26,29,36H,13-16H2,1-2H3;7-8H2,1-6H3;1-2H3/b28-17+;;. The van der Waals surface area contributed by atoms with Gasteiger partial charge in [-0.25, -0.2) is 8.42 Å². The van der Waals surface area contributed by atoms with Crippen molar-refractivity contribution in [2.75, 3.05) is 19.7 Å². The van der Waals surface area contributed by atoms with Crippen molar-refractivity contribution in [2.24, 2.45) is 5.41 Å². The quantitative estimate of drug-likeness (QED) is 0.163. The Kier molecular flexibility index (Phi) is 17.8. The van der Waals surface area contributed by atoms with E-state index in [1.54, 1.807) is 0 Å². The number of carbonyl (C=O) groups is 1. The van der Waals surface area contributed by atoms with Crippen LogP contribution in [-0.2, 0) is 19.6 Å². The molecule has 1 N–H and O–H groups in total. The highest BCUT2D eigenvalue weighted by molar-refractivity contribution is 7.90. The number of aryl methyl sites for hydroxylation is 1. The van der Waals surface area contributed by atoms with Crippen molar-refractivity contribution in [3.8, 4) is 0 Å².